The third-order valence-corrected chi connectivity index (χ3v) is 3.94. The zero-order chi connectivity index (χ0) is 15.9. The number of hydrogen-bond acceptors (Lipinski definition) is 4. The second-order valence-corrected chi connectivity index (χ2v) is 6.27. The Hall–Kier alpha value is -1.64. The van der Waals surface area contributed by atoms with Gasteiger partial charge in [-0.15, -0.1) is 0 Å². The van der Waals surface area contributed by atoms with Crippen LogP contribution in [0.2, 0.25) is 0 Å². The van der Waals surface area contributed by atoms with Gasteiger partial charge >= 0.3 is 16.3 Å². The number of amides is 1. The molecule has 0 spiro atoms. The van der Waals surface area contributed by atoms with Crippen molar-refractivity contribution in [3.63, 3.8) is 0 Å². The Morgan fingerprint density at radius 2 is 1.95 bits per heavy atom. The molecule has 118 valence electrons. The van der Waals surface area contributed by atoms with Crippen LogP contribution in [0.25, 0.3) is 0 Å². The first-order valence-electron chi connectivity index (χ1n) is 6.48. The Bertz CT molecular complexity index is 545. The van der Waals surface area contributed by atoms with E-state index < -0.39 is 16.3 Å². The molecule has 0 saturated carbocycles. The molecule has 1 amide bonds. The van der Waals surface area contributed by atoms with Crippen molar-refractivity contribution in [3.05, 3.63) is 35.9 Å². The van der Waals surface area contributed by atoms with Gasteiger partial charge in [0.25, 0.3) is 0 Å². The summed E-state index contributed by atoms with van der Waals surface area (Å²) in [5, 5.41) is 9.09. The normalized spacial score (nSPS) is 11.6. The van der Waals surface area contributed by atoms with Gasteiger partial charge in [0.1, 0.15) is 0 Å². The van der Waals surface area contributed by atoms with Gasteiger partial charge < -0.3 is 9.84 Å². The fraction of sp³-hybridized carbons (Fsp3) is 0.462. The molecule has 21 heavy (non-hydrogen) atoms. The van der Waals surface area contributed by atoms with Gasteiger partial charge in [-0.25, -0.2) is 4.79 Å². The lowest BCUT2D eigenvalue weighted by atomic mass is 10.2. The van der Waals surface area contributed by atoms with Crippen molar-refractivity contribution in [2.45, 2.75) is 26.5 Å². The van der Waals surface area contributed by atoms with Gasteiger partial charge in [-0.3, -0.25) is 0 Å². The van der Waals surface area contributed by atoms with E-state index in [4.69, 9.17) is 9.84 Å². The van der Waals surface area contributed by atoms with Gasteiger partial charge in [0.15, 0.2) is 0 Å². The Morgan fingerprint density at radius 3 is 2.48 bits per heavy atom. The first-order chi connectivity index (χ1) is 9.83. The first kappa shape index (κ1) is 17.4. The van der Waals surface area contributed by atoms with Crippen LogP contribution < -0.4 is 4.72 Å². The van der Waals surface area contributed by atoms with Crippen LogP contribution in [0.5, 0.6) is 0 Å². The molecule has 0 heterocycles. The second kappa shape index (κ2) is 7.96. The average molecular weight is 316 g/mol. The topological polar surface area (TPSA) is 95.9 Å². The SMILES string of the molecule is CC(C)OCCNS(=O)(=O)N(Cc1ccccc1)C(=O)O. The van der Waals surface area contributed by atoms with Gasteiger partial charge in [-0.2, -0.15) is 17.4 Å². The molecule has 0 radical (unpaired) electrons. The molecule has 0 fully saturated rings. The predicted octanol–water partition coefficient (Wildman–Crippen LogP) is 1.43. The lowest BCUT2D eigenvalue weighted by Crippen LogP contribution is -2.44. The molecule has 0 bridgehead atoms. The molecule has 2 N–H and O–H groups in total. The number of benzene rings is 1. The molecule has 1 rings (SSSR count). The molecule has 7 nitrogen and oxygen atoms in total. The molecule has 0 saturated heterocycles. The van der Waals surface area contributed by atoms with Crippen molar-refractivity contribution in [1.82, 2.24) is 9.03 Å². The molecule has 0 aromatic heterocycles. The quantitative estimate of drug-likeness (QED) is 0.707. The van der Waals surface area contributed by atoms with E-state index in [0.717, 1.165) is 0 Å². The highest BCUT2D eigenvalue weighted by atomic mass is 32.2. The second-order valence-electron chi connectivity index (χ2n) is 4.59. The van der Waals surface area contributed by atoms with Crippen molar-refractivity contribution in [1.29, 1.82) is 0 Å². The van der Waals surface area contributed by atoms with Crippen molar-refractivity contribution in [3.8, 4) is 0 Å². The van der Waals surface area contributed by atoms with Crippen LogP contribution in [0.1, 0.15) is 19.4 Å². The van der Waals surface area contributed by atoms with Crippen LogP contribution >= 0.6 is 0 Å². The van der Waals surface area contributed by atoms with Gasteiger partial charge in [0.2, 0.25) is 0 Å². The largest absolute Gasteiger partial charge is 0.464 e. The van der Waals surface area contributed by atoms with Crippen LogP contribution in [0, 0.1) is 0 Å². The van der Waals surface area contributed by atoms with Crippen molar-refractivity contribution in [2.75, 3.05) is 13.2 Å². The molecule has 0 aliphatic rings. The summed E-state index contributed by atoms with van der Waals surface area (Å²) >= 11 is 0. The van der Waals surface area contributed by atoms with Crippen molar-refractivity contribution < 1.29 is 23.1 Å². The number of ether oxygens (including phenoxy) is 1. The summed E-state index contributed by atoms with van der Waals surface area (Å²) in [7, 11) is -4.11. The number of carboxylic acid groups (broad SMARTS) is 1. The lowest BCUT2D eigenvalue weighted by molar-refractivity contribution is 0.0831. The Morgan fingerprint density at radius 1 is 1.33 bits per heavy atom. The fourth-order valence-electron chi connectivity index (χ4n) is 1.55. The summed E-state index contributed by atoms with van der Waals surface area (Å²) in [5.41, 5.74) is 0.587. The van der Waals surface area contributed by atoms with Crippen LogP contribution in [0.15, 0.2) is 30.3 Å². The third kappa shape index (κ3) is 6.11. The van der Waals surface area contributed by atoms with Crippen LogP contribution in [0.4, 0.5) is 4.79 Å². The smallest absolute Gasteiger partial charge is 0.422 e. The highest BCUT2D eigenvalue weighted by molar-refractivity contribution is 7.87. The summed E-state index contributed by atoms with van der Waals surface area (Å²) in [6, 6.07) is 8.52. The molecule has 1 aromatic rings. The summed E-state index contributed by atoms with van der Waals surface area (Å²) in [6.07, 6.45) is -1.55. The molecular weight excluding hydrogens is 296 g/mol. The number of nitrogens with one attached hydrogen (secondary N) is 1. The molecule has 0 unspecified atom stereocenters. The van der Waals surface area contributed by atoms with E-state index in [1.165, 1.54) is 0 Å². The molecule has 1 aromatic carbocycles. The van der Waals surface area contributed by atoms with E-state index in [-0.39, 0.29) is 25.8 Å². The highest BCUT2D eigenvalue weighted by Crippen LogP contribution is 2.08. The zero-order valence-corrected chi connectivity index (χ0v) is 12.8. The summed E-state index contributed by atoms with van der Waals surface area (Å²) in [4.78, 5) is 11.2. The minimum absolute atomic E-state index is 0.0130. The van der Waals surface area contributed by atoms with E-state index in [9.17, 15) is 13.2 Å². The predicted molar refractivity (Wildman–Crippen MR) is 78.0 cm³/mol. The van der Waals surface area contributed by atoms with E-state index in [0.29, 0.717) is 9.87 Å². The van der Waals surface area contributed by atoms with Gasteiger partial charge in [0, 0.05) is 6.54 Å². The Labute approximate surface area is 124 Å². The zero-order valence-electron chi connectivity index (χ0n) is 12.0. The summed E-state index contributed by atoms with van der Waals surface area (Å²) < 4.78 is 31.8. The Balaban J connectivity index is 2.68. The molecule has 0 atom stereocenters. The number of hydrogen-bond donors (Lipinski definition) is 2. The number of rotatable bonds is 8. The van der Waals surface area contributed by atoms with Crippen molar-refractivity contribution >= 4 is 16.3 Å². The molecule has 0 aliphatic heterocycles. The first-order valence-corrected chi connectivity index (χ1v) is 7.92. The molecule has 8 heteroatoms. The van der Waals surface area contributed by atoms with Crippen molar-refractivity contribution in [2.24, 2.45) is 0 Å². The molecule has 0 aliphatic carbocycles. The Kier molecular flexibility index (Phi) is 6.60. The van der Waals surface area contributed by atoms with Gasteiger partial charge in [-0.1, -0.05) is 30.3 Å². The van der Waals surface area contributed by atoms with E-state index in [2.05, 4.69) is 4.72 Å². The van der Waals surface area contributed by atoms with Crippen LogP contribution in [-0.2, 0) is 21.5 Å². The number of nitrogens with zero attached hydrogens (tertiary/aromatic N) is 1. The lowest BCUT2D eigenvalue weighted by Gasteiger charge is -2.20. The number of carbonyl (C=O) groups is 1. The van der Waals surface area contributed by atoms with Crippen LogP contribution in [0.3, 0.4) is 0 Å². The van der Waals surface area contributed by atoms with Gasteiger partial charge in [-0.05, 0) is 19.4 Å². The van der Waals surface area contributed by atoms with Gasteiger partial charge in [0.05, 0.1) is 19.3 Å². The molecular formula is C13H20N2O5S. The third-order valence-electron chi connectivity index (χ3n) is 2.51. The minimum atomic E-state index is -4.11. The summed E-state index contributed by atoms with van der Waals surface area (Å²) in [5.74, 6) is 0. The maximum absolute atomic E-state index is 12.0. The van der Waals surface area contributed by atoms with E-state index in [1.807, 2.05) is 13.8 Å². The average Bonchev–Trinajstić information content (AvgIpc) is 2.41. The van der Waals surface area contributed by atoms with E-state index >= 15 is 0 Å². The maximum atomic E-state index is 12.0. The summed E-state index contributed by atoms with van der Waals surface area (Å²) in [6.45, 7) is 3.60. The van der Waals surface area contributed by atoms with E-state index in [1.54, 1.807) is 30.3 Å². The standard InChI is InChI=1S/C13H20N2O5S/c1-11(2)20-9-8-14-21(18,19)15(13(16)17)10-12-6-4-3-5-7-12/h3-7,11,14H,8-10H2,1-2H3,(H,16,17). The highest BCUT2D eigenvalue weighted by Gasteiger charge is 2.26. The fourth-order valence-corrected chi connectivity index (χ4v) is 2.57. The monoisotopic (exact) mass is 316 g/mol. The minimum Gasteiger partial charge on any atom is -0.464 e. The van der Waals surface area contributed by atoms with Crippen LogP contribution in [-0.4, -0.2) is 43.2 Å². The maximum Gasteiger partial charge on any atom is 0.422 e.